The van der Waals surface area contributed by atoms with Crippen molar-refractivity contribution in [2.45, 2.75) is 51.6 Å². The van der Waals surface area contributed by atoms with Crippen molar-refractivity contribution in [1.29, 1.82) is 0 Å². The molecule has 3 aromatic rings. The molecule has 1 atom stereocenters. The maximum atomic E-state index is 13.1. The molecule has 1 amide bonds. The van der Waals surface area contributed by atoms with Gasteiger partial charge in [0, 0.05) is 19.5 Å². The lowest BCUT2D eigenvalue weighted by Crippen LogP contribution is -2.40. The van der Waals surface area contributed by atoms with Crippen LogP contribution in [0, 0.1) is 6.92 Å². The SMILES string of the molecule is Cc1c(C(=O)NC[C@H](c2ccco2)N2CCCCC2)sc2nc3n(c(=O)c12)CCC3. The van der Waals surface area contributed by atoms with Crippen LogP contribution >= 0.6 is 11.3 Å². The van der Waals surface area contributed by atoms with Crippen molar-refractivity contribution in [3.8, 4) is 0 Å². The Morgan fingerprint density at radius 1 is 1.27 bits per heavy atom. The third-order valence-corrected chi connectivity index (χ3v) is 7.46. The molecule has 30 heavy (non-hydrogen) atoms. The Hall–Kier alpha value is -2.45. The number of likely N-dealkylation sites (tertiary alicyclic amines) is 1. The number of hydrogen-bond donors (Lipinski definition) is 1. The lowest BCUT2D eigenvalue weighted by molar-refractivity contribution is 0.0917. The lowest BCUT2D eigenvalue weighted by Gasteiger charge is -2.33. The van der Waals surface area contributed by atoms with Gasteiger partial charge >= 0.3 is 0 Å². The summed E-state index contributed by atoms with van der Waals surface area (Å²) < 4.78 is 7.43. The van der Waals surface area contributed by atoms with Gasteiger partial charge in [-0.25, -0.2) is 4.98 Å². The second-order valence-electron chi connectivity index (χ2n) is 8.16. The number of thiophene rings is 1. The molecule has 0 aliphatic carbocycles. The summed E-state index contributed by atoms with van der Waals surface area (Å²) in [5.74, 6) is 1.57. The van der Waals surface area contributed by atoms with Crippen molar-refractivity contribution < 1.29 is 9.21 Å². The smallest absolute Gasteiger partial charge is 0.262 e. The number of aromatic nitrogens is 2. The van der Waals surface area contributed by atoms with Crippen molar-refractivity contribution in [3.63, 3.8) is 0 Å². The van der Waals surface area contributed by atoms with E-state index in [0.29, 0.717) is 28.2 Å². The van der Waals surface area contributed by atoms with Crippen molar-refractivity contribution in [2.24, 2.45) is 0 Å². The summed E-state index contributed by atoms with van der Waals surface area (Å²) in [4.78, 5) is 34.3. The van der Waals surface area contributed by atoms with Gasteiger partial charge in [0.1, 0.15) is 16.4 Å². The molecular weight excluding hydrogens is 400 g/mol. The third-order valence-electron chi connectivity index (χ3n) is 6.28. The highest BCUT2D eigenvalue weighted by Crippen LogP contribution is 2.29. The Bertz CT molecular complexity index is 1130. The van der Waals surface area contributed by atoms with Crippen LogP contribution in [0.4, 0.5) is 0 Å². The van der Waals surface area contributed by atoms with Crippen molar-refractivity contribution in [1.82, 2.24) is 19.8 Å². The fraction of sp³-hybridized carbons (Fsp3) is 0.500. The minimum absolute atomic E-state index is 0.0120. The molecule has 3 aromatic heterocycles. The van der Waals surface area contributed by atoms with Crippen LogP contribution in [0.5, 0.6) is 0 Å². The van der Waals surface area contributed by atoms with Gasteiger partial charge in [0.25, 0.3) is 11.5 Å². The van der Waals surface area contributed by atoms with Crippen LogP contribution in [0.1, 0.15) is 58.5 Å². The summed E-state index contributed by atoms with van der Waals surface area (Å²) >= 11 is 1.32. The van der Waals surface area contributed by atoms with Crippen LogP contribution in [-0.2, 0) is 13.0 Å². The Labute approximate surface area is 178 Å². The van der Waals surface area contributed by atoms with Crippen molar-refractivity contribution in [3.05, 3.63) is 50.8 Å². The zero-order valence-electron chi connectivity index (χ0n) is 17.1. The number of nitrogens with zero attached hydrogens (tertiary/aromatic N) is 3. The zero-order chi connectivity index (χ0) is 20.7. The fourth-order valence-corrected chi connectivity index (χ4v) is 5.79. The average Bonchev–Trinajstić information content (AvgIpc) is 3.50. The second kappa shape index (κ2) is 8.00. The molecule has 0 spiro atoms. The topological polar surface area (TPSA) is 80.4 Å². The zero-order valence-corrected chi connectivity index (χ0v) is 18.0. The van der Waals surface area contributed by atoms with E-state index in [4.69, 9.17) is 4.42 Å². The van der Waals surface area contributed by atoms with Gasteiger partial charge < -0.3 is 9.73 Å². The number of aryl methyl sites for hydroxylation is 2. The summed E-state index contributed by atoms with van der Waals surface area (Å²) in [5.41, 5.74) is 0.724. The van der Waals surface area contributed by atoms with Gasteiger partial charge in [0.15, 0.2) is 0 Å². The van der Waals surface area contributed by atoms with Crippen LogP contribution in [0.15, 0.2) is 27.6 Å². The highest BCUT2D eigenvalue weighted by atomic mass is 32.1. The van der Waals surface area contributed by atoms with Crippen molar-refractivity contribution in [2.75, 3.05) is 19.6 Å². The molecule has 0 radical (unpaired) electrons. The molecule has 8 heteroatoms. The maximum absolute atomic E-state index is 13.1. The molecule has 0 saturated carbocycles. The molecule has 5 rings (SSSR count). The molecule has 0 aromatic carbocycles. The van der Waals surface area contributed by atoms with Gasteiger partial charge in [-0.3, -0.25) is 19.1 Å². The van der Waals surface area contributed by atoms with E-state index in [1.165, 1.54) is 30.6 Å². The first-order valence-corrected chi connectivity index (χ1v) is 11.5. The quantitative estimate of drug-likeness (QED) is 0.677. The van der Waals surface area contributed by atoms with E-state index in [-0.39, 0.29) is 17.5 Å². The Kier molecular flexibility index (Phi) is 5.20. The predicted octanol–water partition coefficient (Wildman–Crippen LogP) is 3.26. The molecule has 0 unspecified atom stereocenters. The minimum atomic E-state index is -0.145. The Balaban J connectivity index is 1.39. The predicted molar refractivity (Wildman–Crippen MR) is 116 cm³/mol. The van der Waals surface area contributed by atoms with Crippen molar-refractivity contribution >= 4 is 27.5 Å². The summed E-state index contributed by atoms with van der Waals surface area (Å²) in [5, 5.41) is 3.69. The van der Waals surface area contributed by atoms with Gasteiger partial charge in [0.05, 0.1) is 22.6 Å². The molecule has 5 heterocycles. The first-order valence-electron chi connectivity index (χ1n) is 10.7. The summed E-state index contributed by atoms with van der Waals surface area (Å²) in [6, 6.07) is 3.89. The van der Waals surface area contributed by atoms with Crippen LogP contribution in [-0.4, -0.2) is 40.0 Å². The third kappa shape index (κ3) is 3.37. The summed E-state index contributed by atoms with van der Waals surface area (Å²) in [6.45, 7) is 5.07. The second-order valence-corrected chi connectivity index (χ2v) is 9.16. The number of nitrogens with one attached hydrogen (secondary N) is 1. The number of amides is 1. The number of piperidine rings is 1. The van der Waals surface area contributed by atoms with E-state index in [2.05, 4.69) is 15.2 Å². The first-order chi connectivity index (χ1) is 14.6. The van der Waals surface area contributed by atoms with E-state index in [1.54, 1.807) is 10.8 Å². The van der Waals surface area contributed by atoms with E-state index in [1.807, 2.05) is 19.1 Å². The van der Waals surface area contributed by atoms with Gasteiger partial charge in [0.2, 0.25) is 0 Å². The molecule has 2 aliphatic heterocycles. The number of carbonyl (C=O) groups excluding carboxylic acids is 1. The normalized spacial score (nSPS) is 17.9. The molecule has 7 nitrogen and oxygen atoms in total. The monoisotopic (exact) mass is 426 g/mol. The molecular formula is C22H26N4O3S. The molecule has 158 valence electrons. The van der Waals surface area contributed by atoms with E-state index in [9.17, 15) is 9.59 Å². The van der Waals surface area contributed by atoms with E-state index < -0.39 is 0 Å². The van der Waals surface area contributed by atoms with Crippen LogP contribution < -0.4 is 10.9 Å². The molecule has 1 N–H and O–H groups in total. The first kappa shape index (κ1) is 19.5. The number of rotatable bonds is 5. The molecule has 2 aliphatic rings. The Morgan fingerprint density at radius 2 is 2.10 bits per heavy atom. The fourth-order valence-electron chi connectivity index (χ4n) is 4.68. The Morgan fingerprint density at radius 3 is 2.87 bits per heavy atom. The van der Waals surface area contributed by atoms with Gasteiger partial charge in [-0.15, -0.1) is 11.3 Å². The largest absolute Gasteiger partial charge is 0.468 e. The minimum Gasteiger partial charge on any atom is -0.468 e. The summed E-state index contributed by atoms with van der Waals surface area (Å²) in [6.07, 6.45) is 7.05. The number of fused-ring (bicyclic) bond motifs is 2. The molecule has 0 bridgehead atoms. The van der Waals surface area contributed by atoms with Gasteiger partial charge in [-0.05, 0) is 57.0 Å². The van der Waals surface area contributed by atoms with Gasteiger partial charge in [-0.2, -0.15) is 0 Å². The molecule has 1 saturated heterocycles. The van der Waals surface area contributed by atoms with Gasteiger partial charge in [-0.1, -0.05) is 6.42 Å². The average molecular weight is 427 g/mol. The number of hydrogen-bond acceptors (Lipinski definition) is 6. The lowest BCUT2D eigenvalue weighted by atomic mass is 10.1. The highest BCUT2D eigenvalue weighted by Gasteiger charge is 2.27. The molecule has 1 fully saturated rings. The van der Waals surface area contributed by atoms with E-state index >= 15 is 0 Å². The summed E-state index contributed by atoms with van der Waals surface area (Å²) in [7, 11) is 0. The van der Waals surface area contributed by atoms with Crippen LogP contribution in [0.2, 0.25) is 0 Å². The highest BCUT2D eigenvalue weighted by molar-refractivity contribution is 7.20. The van der Waals surface area contributed by atoms with Crippen LogP contribution in [0.25, 0.3) is 10.2 Å². The standard InChI is InChI=1S/C22H26N4O3S/c1-14-18-21(24-17-8-5-11-26(17)22(18)28)30-19(14)20(27)23-13-15(16-7-6-12-29-16)25-9-3-2-4-10-25/h6-7,12,15H,2-5,8-11,13H2,1H3,(H,23,27)/t15-/m1/s1. The number of furan rings is 1. The van der Waals surface area contributed by atoms with E-state index in [0.717, 1.165) is 43.1 Å². The maximum Gasteiger partial charge on any atom is 0.262 e. The van der Waals surface area contributed by atoms with Crippen LogP contribution in [0.3, 0.4) is 0 Å². The number of carbonyl (C=O) groups is 1.